The van der Waals surface area contributed by atoms with Gasteiger partial charge in [0, 0.05) is 0 Å². The van der Waals surface area contributed by atoms with Gasteiger partial charge in [0.25, 0.3) is 0 Å². The average molecular weight is 154 g/mol. The van der Waals surface area contributed by atoms with E-state index in [1.807, 2.05) is 0 Å². The summed E-state index contributed by atoms with van der Waals surface area (Å²) in [6.07, 6.45) is 8.53. The van der Waals surface area contributed by atoms with E-state index in [2.05, 4.69) is 33.4 Å². The second-order valence-electron chi connectivity index (χ2n) is 3.76. The Balaban J connectivity index is 3.77. The Morgan fingerprint density at radius 1 is 1.36 bits per heavy atom. The van der Waals surface area contributed by atoms with Crippen molar-refractivity contribution in [1.82, 2.24) is 0 Å². The van der Waals surface area contributed by atoms with Crippen molar-refractivity contribution in [2.24, 2.45) is 5.41 Å². The highest BCUT2D eigenvalue weighted by molar-refractivity contribution is 4.81. The lowest BCUT2D eigenvalue weighted by atomic mass is 9.79. The summed E-state index contributed by atoms with van der Waals surface area (Å²) in [7, 11) is 0. The standard InChI is InChI=1S/C11H22/c1-5-8-10-11(4,7-3)9-6-2/h6H,2,5,7-10H2,1,3-4H3. The van der Waals surface area contributed by atoms with Crippen molar-refractivity contribution in [3.8, 4) is 0 Å². The third kappa shape index (κ3) is 4.23. The molecule has 0 nitrogen and oxygen atoms in total. The van der Waals surface area contributed by atoms with Crippen molar-refractivity contribution in [1.29, 1.82) is 0 Å². The number of hydrogen-bond acceptors (Lipinski definition) is 0. The SMILES string of the molecule is C=CCC(C)(CC)CCCC. The van der Waals surface area contributed by atoms with Crippen molar-refractivity contribution < 1.29 is 0 Å². The fourth-order valence-corrected chi connectivity index (χ4v) is 1.38. The molecule has 0 heterocycles. The first kappa shape index (κ1) is 10.7. The third-order valence-corrected chi connectivity index (χ3v) is 2.62. The zero-order valence-electron chi connectivity index (χ0n) is 8.32. The van der Waals surface area contributed by atoms with Gasteiger partial charge in [-0.3, -0.25) is 0 Å². The van der Waals surface area contributed by atoms with Crippen LogP contribution in [-0.2, 0) is 0 Å². The summed E-state index contributed by atoms with van der Waals surface area (Å²) < 4.78 is 0. The van der Waals surface area contributed by atoms with Gasteiger partial charge in [0.2, 0.25) is 0 Å². The average Bonchev–Trinajstić information content (AvgIpc) is 2.02. The highest BCUT2D eigenvalue weighted by atomic mass is 14.2. The van der Waals surface area contributed by atoms with Crippen molar-refractivity contribution in [3.63, 3.8) is 0 Å². The lowest BCUT2D eigenvalue weighted by molar-refractivity contribution is 0.279. The van der Waals surface area contributed by atoms with Gasteiger partial charge in [-0.05, 0) is 18.3 Å². The molecule has 0 fully saturated rings. The van der Waals surface area contributed by atoms with Gasteiger partial charge >= 0.3 is 0 Å². The summed E-state index contributed by atoms with van der Waals surface area (Å²) in [5, 5.41) is 0. The molecule has 0 saturated carbocycles. The predicted molar refractivity (Wildman–Crippen MR) is 52.7 cm³/mol. The van der Waals surface area contributed by atoms with E-state index in [0.717, 1.165) is 0 Å². The Hall–Kier alpha value is -0.260. The van der Waals surface area contributed by atoms with Crippen LogP contribution in [0.3, 0.4) is 0 Å². The van der Waals surface area contributed by atoms with Crippen LogP contribution in [0.1, 0.15) is 52.9 Å². The normalized spacial score (nSPS) is 15.9. The van der Waals surface area contributed by atoms with Crippen LogP contribution in [0.5, 0.6) is 0 Å². The van der Waals surface area contributed by atoms with E-state index < -0.39 is 0 Å². The molecule has 0 bridgehead atoms. The van der Waals surface area contributed by atoms with Crippen LogP contribution in [0.25, 0.3) is 0 Å². The molecular weight excluding hydrogens is 132 g/mol. The molecule has 0 spiro atoms. The van der Waals surface area contributed by atoms with Crippen LogP contribution in [0.15, 0.2) is 12.7 Å². The second-order valence-corrected chi connectivity index (χ2v) is 3.76. The summed E-state index contributed by atoms with van der Waals surface area (Å²) in [5.74, 6) is 0. The number of hydrogen-bond donors (Lipinski definition) is 0. The lowest BCUT2D eigenvalue weighted by Gasteiger charge is -2.26. The molecule has 0 aromatic rings. The molecule has 0 aliphatic rings. The first-order valence-electron chi connectivity index (χ1n) is 4.79. The van der Waals surface area contributed by atoms with E-state index in [1.165, 1.54) is 32.1 Å². The van der Waals surface area contributed by atoms with Crippen molar-refractivity contribution in [3.05, 3.63) is 12.7 Å². The zero-order valence-corrected chi connectivity index (χ0v) is 8.32. The Bertz CT molecular complexity index is 105. The maximum atomic E-state index is 3.80. The fraction of sp³-hybridized carbons (Fsp3) is 0.818. The van der Waals surface area contributed by atoms with Crippen molar-refractivity contribution in [2.75, 3.05) is 0 Å². The second kappa shape index (κ2) is 5.40. The molecule has 1 atom stereocenters. The first-order valence-corrected chi connectivity index (χ1v) is 4.79. The molecule has 1 unspecified atom stereocenters. The molecule has 0 rings (SSSR count). The largest absolute Gasteiger partial charge is 0.103 e. The van der Waals surface area contributed by atoms with Crippen molar-refractivity contribution >= 4 is 0 Å². The Kier molecular flexibility index (Phi) is 5.27. The summed E-state index contributed by atoms with van der Waals surface area (Å²) in [6.45, 7) is 10.7. The van der Waals surface area contributed by atoms with Gasteiger partial charge in [0.05, 0.1) is 0 Å². The maximum absolute atomic E-state index is 3.80. The predicted octanol–water partition coefficient (Wildman–Crippen LogP) is 4.17. The topological polar surface area (TPSA) is 0 Å². The molecule has 0 aromatic carbocycles. The third-order valence-electron chi connectivity index (χ3n) is 2.62. The monoisotopic (exact) mass is 154 g/mol. The molecule has 0 amide bonds. The molecule has 0 N–H and O–H groups in total. The van der Waals surface area contributed by atoms with Crippen LogP contribution in [0, 0.1) is 5.41 Å². The Morgan fingerprint density at radius 2 is 2.00 bits per heavy atom. The van der Waals surface area contributed by atoms with Gasteiger partial charge in [-0.25, -0.2) is 0 Å². The van der Waals surface area contributed by atoms with E-state index in [1.54, 1.807) is 0 Å². The van der Waals surface area contributed by atoms with E-state index >= 15 is 0 Å². The van der Waals surface area contributed by atoms with Gasteiger partial charge in [-0.15, -0.1) is 6.58 Å². The van der Waals surface area contributed by atoms with E-state index in [0.29, 0.717) is 5.41 Å². The van der Waals surface area contributed by atoms with Crippen LogP contribution in [-0.4, -0.2) is 0 Å². The fourth-order valence-electron chi connectivity index (χ4n) is 1.38. The highest BCUT2D eigenvalue weighted by Crippen LogP contribution is 2.31. The molecule has 0 saturated heterocycles. The summed E-state index contributed by atoms with van der Waals surface area (Å²) in [5.41, 5.74) is 0.526. The smallest absolute Gasteiger partial charge is 0.0294 e. The molecule has 66 valence electrons. The molecule has 0 aliphatic heterocycles. The minimum atomic E-state index is 0.526. The quantitative estimate of drug-likeness (QED) is 0.504. The summed E-state index contributed by atoms with van der Waals surface area (Å²) in [4.78, 5) is 0. The van der Waals surface area contributed by atoms with Gasteiger partial charge in [0.15, 0.2) is 0 Å². The minimum absolute atomic E-state index is 0.526. The van der Waals surface area contributed by atoms with E-state index in [4.69, 9.17) is 0 Å². The minimum Gasteiger partial charge on any atom is -0.103 e. The zero-order chi connectivity index (χ0) is 8.74. The van der Waals surface area contributed by atoms with Gasteiger partial charge < -0.3 is 0 Å². The maximum Gasteiger partial charge on any atom is -0.0294 e. The molecule has 0 aromatic heterocycles. The van der Waals surface area contributed by atoms with Crippen LogP contribution in [0.2, 0.25) is 0 Å². The van der Waals surface area contributed by atoms with Gasteiger partial charge in [-0.2, -0.15) is 0 Å². The van der Waals surface area contributed by atoms with E-state index in [9.17, 15) is 0 Å². The number of unbranched alkanes of at least 4 members (excludes halogenated alkanes) is 1. The summed E-state index contributed by atoms with van der Waals surface area (Å²) in [6, 6.07) is 0. The Labute approximate surface area is 71.7 Å². The number of rotatable bonds is 6. The van der Waals surface area contributed by atoms with Crippen LogP contribution >= 0.6 is 0 Å². The molecule has 0 radical (unpaired) electrons. The molecule has 0 aliphatic carbocycles. The highest BCUT2D eigenvalue weighted by Gasteiger charge is 2.18. The van der Waals surface area contributed by atoms with Gasteiger partial charge in [-0.1, -0.05) is 46.1 Å². The first-order chi connectivity index (χ1) is 5.18. The Morgan fingerprint density at radius 3 is 2.36 bits per heavy atom. The molecule has 11 heavy (non-hydrogen) atoms. The molecular formula is C11H22. The van der Waals surface area contributed by atoms with Crippen LogP contribution in [0.4, 0.5) is 0 Å². The number of allylic oxidation sites excluding steroid dienone is 1. The van der Waals surface area contributed by atoms with Crippen LogP contribution < -0.4 is 0 Å². The lowest BCUT2D eigenvalue weighted by Crippen LogP contribution is -2.13. The summed E-state index contributed by atoms with van der Waals surface area (Å²) >= 11 is 0. The van der Waals surface area contributed by atoms with Gasteiger partial charge in [0.1, 0.15) is 0 Å². The van der Waals surface area contributed by atoms with Crippen molar-refractivity contribution in [2.45, 2.75) is 52.9 Å². The van der Waals surface area contributed by atoms with E-state index in [-0.39, 0.29) is 0 Å². The molecule has 0 heteroatoms.